The van der Waals surface area contributed by atoms with Crippen molar-refractivity contribution in [2.45, 2.75) is 20.1 Å². The highest BCUT2D eigenvalue weighted by Crippen LogP contribution is 2.21. The van der Waals surface area contributed by atoms with Crippen molar-refractivity contribution in [3.05, 3.63) is 64.7 Å². The molecular formula is C22H25NO7. The van der Waals surface area contributed by atoms with Crippen LogP contribution in [-0.2, 0) is 32.2 Å². The molecule has 0 saturated carbocycles. The van der Waals surface area contributed by atoms with Crippen molar-refractivity contribution >= 4 is 17.8 Å². The smallest absolute Gasteiger partial charge is 0.338 e. The van der Waals surface area contributed by atoms with Gasteiger partial charge in [0, 0.05) is 18.7 Å². The number of carbonyl (C=O) groups excluding carboxylic acids is 3. The second-order valence-electron chi connectivity index (χ2n) is 6.21. The number of carbonyl (C=O) groups is 3. The van der Waals surface area contributed by atoms with Crippen LogP contribution >= 0.6 is 0 Å². The molecule has 0 aromatic heterocycles. The molecule has 1 amide bonds. The van der Waals surface area contributed by atoms with Crippen molar-refractivity contribution < 1.29 is 33.3 Å². The lowest BCUT2D eigenvalue weighted by atomic mass is 10.1. The van der Waals surface area contributed by atoms with E-state index in [2.05, 4.69) is 10.1 Å². The van der Waals surface area contributed by atoms with Crippen LogP contribution in [0.15, 0.2) is 42.5 Å². The van der Waals surface area contributed by atoms with Crippen molar-refractivity contribution in [2.24, 2.45) is 0 Å². The molecule has 1 N–H and O–H groups in total. The average molecular weight is 415 g/mol. The van der Waals surface area contributed by atoms with Crippen LogP contribution in [0.2, 0.25) is 0 Å². The summed E-state index contributed by atoms with van der Waals surface area (Å²) in [5, 5.41) is 2.65. The Morgan fingerprint density at radius 3 is 2.27 bits per heavy atom. The molecule has 2 aromatic carbocycles. The lowest BCUT2D eigenvalue weighted by Gasteiger charge is -2.11. The van der Waals surface area contributed by atoms with Crippen LogP contribution < -0.4 is 10.1 Å². The molecule has 0 aliphatic heterocycles. The van der Waals surface area contributed by atoms with Crippen molar-refractivity contribution in [3.8, 4) is 5.75 Å². The zero-order valence-corrected chi connectivity index (χ0v) is 17.2. The summed E-state index contributed by atoms with van der Waals surface area (Å²) in [4.78, 5) is 35.6. The molecule has 0 aliphatic carbocycles. The highest BCUT2D eigenvalue weighted by molar-refractivity contribution is 5.91. The van der Waals surface area contributed by atoms with Gasteiger partial charge in [0.15, 0.2) is 6.61 Å². The average Bonchev–Trinajstić information content (AvgIpc) is 2.79. The van der Waals surface area contributed by atoms with E-state index in [1.54, 1.807) is 42.5 Å². The van der Waals surface area contributed by atoms with E-state index < -0.39 is 24.5 Å². The maximum absolute atomic E-state index is 12.3. The summed E-state index contributed by atoms with van der Waals surface area (Å²) >= 11 is 0. The van der Waals surface area contributed by atoms with Gasteiger partial charge in [0.1, 0.15) is 5.75 Å². The minimum absolute atomic E-state index is 0.235. The SMILES string of the molecule is CCOCc1cc(C(=O)OCC(=O)NCc2ccc(C(=O)OC)cc2)ccc1OC. The molecule has 0 aliphatic rings. The lowest BCUT2D eigenvalue weighted by Crippen LogP contribution is -2.28. The number of ether oxygens (including phenoxy) is 4. The van der Waals surface area contributed by atoms with E-state index in [0.29, 0.717) is 35.7 Å². The first-order valence-electron chi connectivity index (χ1n) is 9.34. The van der Waals surface area contributed by atoms with Crippen LogP contribution in [0.5, 0.6) is 5.75 Å². The fraction of sp³-hybridized carbons (Fsp3) is 0.318. The maximum atomic E-state index is 12.3. The van der Waals surface area contributed by atoms with E-state index in [1.165, 1.54) is 14.2 Å². The highest BCUT2D eigenvalue weighted by atomic mass is 16.5. The van der Waals surface area contributed by atoms with Gasteiger partial charge >= 0.3 is 11.9 Å². The first kappa shape index (κ1) is 22.9. The number of benzene rings is 2. The Balaban J connectivity index is 1.85. The van der Waals surface area contributed by atoms with Gasteiger partial charge in [0.05, 0.1) is 32.0 Å². The van der Waals surface area contributed by atoms with Gasteiger partial charge in [-0.15, -0.1) is 0 Å². The molecule has 30 heavy (non-hydrogen) atoms. The van der Waals surface area contributed by atoms with Crippen molar-refractivity contribution in [3.63, 3.8) is 0 Å². The molecule has 2 rings (SSSR count). The van der Waals surface area contributed by atoms with Gasteiger partial charge in [-0.05, 0) is 42.8 Å². The van der Waals surface area contributed by atoms with Gasteiger partial charge < -0.3 is 24.3 Å². The van der Waals surface area contributed by atoms with Gasteiger partial charge in [-0.1, -0.05) is 12.1 Å². The van der Waals surface area contributed by atoms with Crippen LogP contribution in [0.1, 0.15) is 38.8 Å². The molecule has 0 unspecified atom stereocenters. The molecule has 160 valence electrons. The van der Waals surface area contributed by atoms with Gasteiger partial charge in [-0.3, -0.25) is 4.79 Å². The molecule has 0 radical (unpaired) electrons. The predicted molar refractivity (Wildman–Crippen MR) is 108 cm³/mol. The Kier molecular flexibility index (Phi) is 8.83. The molecule has 0 saturated heterocycles. The zero-order valence-electron chi connectivity index (χ0n) is 17.2. The molecule has 0 atom stereocenters. The minimum Gasteiger partial charge on any atom is -0.496 e. The number of hydrogen-bond acceptors (Lipinski definition) is 7. The lowest BCUT2D eigenvalue weighted by molar-refractivity contribution is -0.124. The van der Waals surface area contributed by atoms with E-state index in [-0.39, 0.29) is 6.54 Å². The summed E-state index contributed by atoms with van der Waals surface area (Å²) in [5.74, 6) is -0.882. The standard InChI is InChI=1S/C22H25NO7/c1-4-29-13-18-11-17(9-10-19(18)27-2)22(26)30-14-20(24)23-12-15-5-7-16(8-6-15)21(25)28-3/h5-11H,4,12-14H2,1-3H3,(H,23,24). The largest absolute Gasteiger partial charge is 0.496 e. The van der Waals surface area contributed by atoms with E-state index in [0.717, 1.165) is 5.56 Å². The summed E-state index contributed by atoms with van der Waals surface area (Å²) < 4.78 is 20.3. The van der Waals surface area contributed by atoms with Crippen LogP contribution in [0.3, 0.4) is 0 Å². The molecule has 0 heterocycles. The van der Waals surface area contributed by atoms with E-state index >= 15 is 0 Å². The van der Waals surface area contributed by atoms with Gasteiger partial charge in [-0.2, -0.15) is 0 Å². The predicted octanol–water partition coefficient (Wildman–Crippen LogP) is 2.49. The summed E-state index contributed by atoms with van der Waals surface area (Å²) in [6.07, 6.45) is 0. The highest BCUT2D eigenvalue weighted by Gasteiger charge is 2.13. The van der Waals surface area contributed by atoms with Gasteiger partial charge in [0.25, 0.3) is 5.91 Å². The summed E-state index contributed by atoms with van der Waals surface area (Å²) in [7, 11) is 2.85. The number of rotatable bonds is 10. The summed E-state index contributed by atoms with van der Waals surface area (Å²) in [5.41, 5.74) is 2.23. The third-order valence-corrected chi connectivity index (χ3v) is 4.18. The Labute approximate surface area is 175 Å². The van der Waals surface area contributed by atoms with Crippen LogP contribution in [0.4, 0.5) is 0 Å². The number of amides is 1. The fourth-order valence-corrected chi connectivity index (χ4v) is 2.57. The third kappa shape index (κ3) is 6.59. The number of methoxy groups -OCH3 is 2. The maximum Gasteiger partial charge on any atom is 0.338 e. The summed E-state index contributed by atoms with van der Waals surface area (Å²) in [6.45, 7) is 2.53. The third-order valence-electron chi connectivity index (χ3n) is 4.18. The minimum atomic E-state index is -0.618. The monoisotopic (exact) mass is 415 g/mol. The molecule has 0 bridgehead atoms. The fourth-order valence-electron chi connectivity index (χ4n) is 2.57. The number of nitrogens with one attached hydrogen (secondary N) is 1. The van der Waals surface area contributed by atoms with E-state index in [4.69, 9.17) is 14.2 Å². The Bertz CT molecular complexity index is 878. The second kappa shape index (κ2) is 11.6. The van der Waals surface area contributed by atoms with Crippen molar-refractivity contribution in [2.75, 3.05) is 27.4 Å². The molecule has 2 aromatic rings. The van der Waals surface area contributed by atoms with Crippen LogP contribution in [-0.4, -0.2) is 45.3 Å². The quantitative estimate of drug-likeness (QED) is 0.595. The molecule has 8 heteroatoms. The van der Waals surface area contributed by atoms with Gasteiger partial charge in [0.2, 0.25) is 0 Å². The van der Waals surface area contributed by atoms with E-state index in [9.17, 15) is 14.4 Å². The second-order valence-corrected chi connectivity index (χ2v) is 6.21. The Hall–Kier alpha value is -3.39. The van der Waals surface area contributed by atoms with E-state index in [1.807, 2.05) is 6.92 Å². The van der Waals surface area contributed by atoms with Crippen molar-refractivity contribution in [1.82, 2.24) is 5.32 Å². The molecule has 0 fully saturated rings. The molecule has 0 spiro atoms. The van der Waals surface area contributed by atoms with Crippen molar-refractivity contribution in [1.29, 1.82) is 0 Å². The normalized spacial score (nSPS) is 10.2. The Morgan fingerprint density at radius 2 is 1.63 bits per heavy atom. The zero-order chi connectivity index (χ0) is 21.9. The Morgan fingerprint density at radius 1 is 0.933 bits per heavy atom. The van der Waals surface area contributed by atoms with Crippen LogP contribution in [0.25, 0.3) is 0 Å². The topological polar surface area (TPSA) is 100 Å². The van der Waals surface area contributed by atoms with Gasteiger partial charge in [-0.25, -0.2) is 9.59 Å². The number of esters is 2. The molecular weight excluding hydrogens is 390 g/mol. The van der Waals surface area contributed by atoms with Crippen LogP contribution in [0, 0.1) is 0 Å². The first-order chi connectivity index (χ1) is 14.5. The number of hydrogen-bond donors (Lipinski definition) is 1. The summed E-state index contributed by atoms with van der Waals surface area (Å²) in [6, 6.07) is 11.5. The first-order valence-corrected chi connectivity index (χ1v) is 9.34. The molecule has 8 nitrogen and oxygen atoms in total.